The van der Waals surface area contributed by atoms with Crippen molar-refractivity contribution in [1.29, 1.82) is 0 Å². The van der Waals surface area contributed by atoms with Crippen LogP contribution in [-0.2, 0) is 14.3 Å². The predicted octanol–water partition coefficient (Wildman–Crippen LogP) is 4.85. The van der Waals surface area contributed by atoms with Crippen LogP contribution in [0.15, 0.2) is 0 Å². The minimum absolute atomic E-state index is 0.124. The van der Waals surface area contributed by atoms with E-state index >= 15 is 0 Å². The molecule has 0 aliphatic carbocycles. The second-order valence-electron chi connectivity index (χ2n) is 6.99. The first kappa shape index (κ1) is 21.0. The fourth-order valence-electron chi connectivity index (χ4n) is 3.31. The number of ether oxygens (including phenoxy) is 1. The number of amides is 1. The first-order valence-corrected chi connectivity index (χ1v) is 10.2. The molecular formula is C20H37NO3. The van der Waals surface area contributed by atoms with Gasteiger partial charge in [0, 0.05) is 13.0 Å². The number of rotatable bonds is 13. The fourth-order valence-corrected chi connectivity index (χ4v) is 3.31. The average molecular weight is 340 g/mol. The van der Waals surface area contributed by atoms with Crippen LogP contribution in [0.3, 0.4) is 0 Å². The zero-order chi connectivity index (χ0) is 17.6. The van der Waals surface area contributed by atoms with Crippen LogP contribution >= 0.6 is 0 Å². The summed E-state index contributed by atoms with van der Waals surface area (Å²) in [5.41, 5.74) is 0. The highest BCUT2D eigenvalue weighted by atomic mass is 16.5. The third-order valence-corrected chi connectivity index (χ3v) is 4.83. The van der Waals surface area contributed by atoms with Crippen molar-refractivity contribution in [1.82, 2.24) is 4.90 Å². The third kappa shape index (κ3) is 8.16. The van der Waals surface area contributed by atoms with Crippen molar-refractivity contribution in [2.24, 2.45) is 0 Å². The molecule has 0 bridgehead atoms. The predicted molar refractivity (Wildman–Crippen MR) is 97.8 cm³/mol. The highest BCUT2D eigenvalue weighted by molar-refractivity contribution is 5.85. The normalized spacial score (nSPS) is 17.2. The summed E-state index contributed by atoms with van der Waals surface area (Å²) in [7, 11) is 0. The van der Waals surface area contributed by atoms with Crippen molar-refractivity contribution in [3.8, 4) is 0 Å². The third-order valence-electron chi connectivity index (χ3n) is 4.83. The maximum Gasteiger partial charge on any atom is 0.328 e. The second kappa shape index (κ2) is 13.3. The lowest BCUT2D eigenvalue weighted by atomic mass is 10.1. The average Bonchev–Trinajstić information content (AvgIpc) is 3.07. The molecule has 0 N–H and O–H groups in total. The molecule has 0 spiro atoms. The first-order valence-electron chi connectivity index (χ1n) is 10.2. The lowest BCUT2D eigenvalue weighted by Gasteiger charge is -2.23. The SMILES string of the molecule is CCCCCCCCCOC(=O)C1CCCN1C(=O)CCCCC. The molecule has 1 heterocycles. The lowest BCUT2D eigenvalue weighted by Crippen LogP contribution is -2.41. The van der Waals surface area contributed by atoms with Gasteiger partial charge in [0.1, 0.15) is 6.04 Å². The van der Waals surface area contributed by atoms with Crippen LogP contribution in [-0.4, -0.2) is 36.0 Å². The molecule has 4 heteroatoms. The van der Waals surface area contributed by atoms with E-state index in [1.807, 2.05) is 0 Å². The van der Waals surface area contributed by atoms with Crippen molar-refractivity contribution in [2.45, 2.75) is 103 Å². The van der Waals surface area contributed by atoms with E-state index in [1.165, 1.54) is 32.1 Å². The molecule has 1 amide bonds. The van der Waals surface area contributed by atoms with Gasteiger partial charge < -0.3 is 9.64 Å². The zero-order valence-corrected chi connectivity index (χ0v) is 15.9. The van der Waals surface area contributed by atoms with Gasteiger partial charge in [-0.05, 0) is 25.7 Å². The monoisotopic (exact) mass is 339 g/mol. The number of likely N-dealkylation sites (tertiary alicyclic amines) is 1. The Hall–Kier alpha value is -1.06. The second-order valence-corrected chi connectivity index (χ2v) is 6.99. The van der Waals surface area contributed by atoms with Crippen LogP contribution < -0.4 is 0 Å². The number of hydrogen-bond donors (Lipinski definition) is 0. The molecule has 4 nitrogen and oxygen atoms in total. The van der Waals surface area contributed by atoms with Gasteiger partial charge in [-0.15, -0.1) is 0 Å². The summed E-state index contributed by atoms with van der Waals surface area (Å²) in [4.78, 5) is 26.3. The summed E-state index contributed by atoms with van der Waals surface area (Å²) >= 11 is 0. The van der Waals surface area contributed by atoms with Crippen LogP contribution in [0.4, 0.5) is 0 Å². The Kier molecular flexibility index (Phi) is 11.6. The van der Waals surface area contributed by atoms with E-state index in [-0.39, 0.29) is 17.9 Å². The highest BCUT2D eigenvalue weighted by Gasteiger charge is 2.34. The van der Waals surface area contributed by atoms with Crippen LogP contribution in [0, 0.1) is 0 Å². The van der Waals surface area contributed by atoms with Gasteiger partial charge in [0.2, 0.25) is 5.91 Å². The van der Waals surface area contributed by atoms with Crippen LogP contribution in [0.5, 0.6) is 0 Å². The van der Waals surface area contributed by atoms with Gasteiger partial charge in [-0.1, -0.05) is 65.2 Å². The Morgan fingerprint density at radius 3 is 2.25 bits per heavy atom. The Morgan fingerprint density at radius 2 is 1.54 bits per heavy atom. The fraction of sp³-hybridized carbons (Fsp3) is 0.900. The molecule has 1 unspecified atom stereocenters. The molecule has 0 aromatic rings. The van der Waals surface area contributed by atoms with E-state index in [4.69, 9.17) is 4.74 Å². The van der Waals surface area contributed by atoms with Crippen LogP contribution in [0.2, 0.25) is 0 Å². The molecule has 24 heavy (non-hydrogen) atoms. The quantitative estimate of drug-likeness (QED) is 0.356. The summed E-state index contributed by atoms with van der Waals surface area (Å²) in [5, 5.41) is 0. The molecular weight excluding hydrogens is 302 g/mol. The molecule has 1 saturated heterocycles. The lowest BCUT2D eigenvalue weighted by molar-refractivity contribution is -0.153. The summed E-state index contributed by atoms with van der Waals surface area (Å²) in [6.07, 6.45) is 13.8. The number of esters is 1. The Bertz CT molecular complexity index is 357. The molecule has 1 aliphatic heterocycles. The van der Waals surface area contributed by atoms with E-state index in [0.717, 1.165) is 44.9 Å². The molecule has 140 valence electrons. The Labute approximate surface area is 148 Å². The highest BCUT2D eigenvalue weighted by Crippen LogP contribution is 2.20. The maximum absolute atomic E-state index is 12.3. The summed E-state index contributed by atoms with van der Waals surface area (Å²) in [6.45, 7) is 5.56. The smallest absolute Gasteiger partial charge is 0.328 e. The zero-order valence-electron chi connectivity index (χ0n) is 15.9. The number of carbonyl (C=O) groups excluding carboxylic acids is 2. The standard InChI is InChI=1S/C20H37NO3/c1-3-5-7-8-9-10-12-17-24-20(23)18-14-13-16-21(18)19(22)15-11-6-4-2/h18H,3-17H2,1-2H3. The minimum atomic E-state index is -0.330. The van der Waals surface area contributed by atoms with Gasteiger partial charge in [0.05, 0.1) is 6.61 Å². The van der Waals surface area contributed by atoms with E-state index in [2.05, 4.69) is 13.8 Å². The van der Waals surface area contributed by atoms with Gasteiger partial charge in [0.15, 0.2) is 0 Å². The topological polar surface area (TPSA) is 46.6 Å². The molecule has 1 aliphatic rings. The van der Waals surface area contributed by atoms with Crippen molar-refractivity contribution >= 4 is 11.9 Å². The molecule has 1 fully saturated rings. The van der Waals surface area contributed by atoms with E-state index < -0.39 is 0 Å². The largest absolute Gasteiger partial charge is 0.464 e. The number of unbranched alkanes of at least 4 members (excludes halogenated alkanes) is 8. The molecule has 1 atom stereocenters. The van der Waals surface area contributed by atoms with Crippen molar-refractivity contribution < 1.29 is 14.3 Å². The summed E-state index contributed by atoms with van der Waals surface area (Å²) in [6, 6.07) is -0.330. The van der Waals surface area contributed by atoms with Gasteiger partial charge in [-0.25, -0.2) is 4.79 Å². The van der Waals surface area contributed by atoms with E-state index in [9.17, 15) is 9.59 Å². The summed E-state index contributed by atoms with van der Waals surface area (Å²) < 4.78 is 5.43. The van der Waals surface area contributed by atoms with Crippen molar-refractivity contribution in [2.75, 3.05) is 13.2 Å². The molecule has 1 rings (SSSR count). The van der Waals surface area contributed by atoms with E-state index in [0.29, 0.717) is 19.6 Å². The van der Waals surface area contributed by atoms with Gasteiger partial charge in [-0.2, -0.15) is 0 Å². The van der Waals surface area contributed by atoms with E-state index in [1.54, 1.807) is 4.90 Å². The molecule has 0 aromatic carbocycles. The minimum Gasteiger partial charge on any atom is -0.464 e. The van der Waals surface area contributed by atoms with Gasteiger partial charge in [-0.3, -0.25) is 4.79 Å². The van der Waals surface area contributed by atoms with Crippen LogP contribution in [0.25, 0.3) is 0 Å². The van der Waals surface area contributed by atoms with Gasteiger partial charge in [0.25, 0.3) is 0 Å². The maximum atomic E-state index is 12.3. The summed E-state index contributed by atoms with van der Waals surface area (Å²) in [5.74, 6) is -0.0684. The Morgan fingerprint density at radius 1 is 0.917 bits per heavy atom. The molecule has 0 aromatic heterocycles. The van der Waals surface area contributed by atoms with Crippen LogP contribution in [0.1, 0.15) is 97.3 Å². The molecule has 0 radical (unpaired) electrons. The van der Waals surface area contributed by atoms with Gasteiger partial charge >= 0.3 is 5.97 Å². The Balaban J connectivity index is 2.17. The first-order chi connectivity index (χ1) is 11.7. The van der Waals surface area contributed by atoms with Crippen molar-refractivity contribution in [3.63, 3.8) is 0 Å². The number of nitrogens with zero attached hydrogens (tertiary/aromatic N) is 1. The number of carbonyl (C=O) groups is 2. The van der Waals surface area contributed by atoms with Crippen molar-refractivity contribution in [3.05, 3.63) is 0 Å². The number of hydrogen-bond acceptors (Lipinski definition) is 3. The molecule has 0 saturated carbocycles.